The van der Waals surface area contributed by atoms with Gasteiger partial charge in [-0.15, -0.1) is 0 Å². The molecule has 0 aliphatic carbocycles. The summed E-state index contributed by atoms with van der Waals surface area (Å²) in [6, 6.07) is 5.89. The van der Waals surface area contributed by atoms with Crippen LogP contribution in [0, 0.1) is 5.82 Å². The number of carbonyl (C=O) groups is 1. The number of benzene rings is 1. The summed E-state index contributed by atoms with van der Waals surface area (Å²) < 4.78 is 18.6. The molecule has 2 aliphatic heterocycles. The van der Waals surface area contributed by atoms with Crippen LogP contribution in [0.15, 0.2) is 24.3 Å². The lowest BCUT2D eigenvalue weighted by Crippen LogP contribution is -2.62. The highest BCUT2D eigenvalue weighted by Gasteiger charge is 2.44. The molecule has 2 N–H and O–H groups in total. The molecule has 0 saturated carbocycles. The van der Waals surface area contributed by atoms with Crippen molar-refractivity contribution in [1.82, 2.24) is 9.80 Å². The second-order valence-corrected chi connectivity index (χ2v) is 7.36. The van der Waals surface area contributed by atoms with E-state index in [4.69, 9.17) is 4.74 Å². The number of ether oxygens (including phenoxy) is 1. The molecule has 2 heterocycles. The van der Waals surface area contributed by atoms with Crippen molar-refractivity contribution in [2.45, 2.75) is 43.9 Å². The van der Waals surface area contributed by atoms with Crippen LogP contribution in [0.1, 0.15) is 26.2 Å². The Hall–Kier alpha value is -1.70. The zero-order valence-electron chi connectivity index (χ0n) is 15.1. The fourth-order valence-electron chi connectivity index (χ4n) is 3.83. The van der Waals surface area contributed by atoms with Gasteiger partial charge in [-0.2, -0.15) is 0 Å². The number of carbonyl (C=O) groups excluding carboxylic acids is 1. The average molecular weight is 366 g/mol. The molecule has 144 valence electrons. The number of hydrogen-bond donors (Lipinski definition) is 2. The molecule has 3 rings (SSSR count). The van der Waals surface area contributed by atoms with E-state index in [-0.39, 0.29) is 24.4 Å². The molecule has 0 unspecified atom stereocenters. The van der Waals surface area contributed by atoms with E-state index in [0.29, 0.717) is 25.3 Å². The maximum absolute atomic E-state index is 13.0. The first-order valence-electron chi connectivity index (χ1n) is 9.16. The minimum Gasteiger partial charge on any atom is -0.490 e. The van der Waals surface area contributed by atoms with Crippen LogP contribution in [0.5, 0.6) is 5.75 Å². The molecule has 2 atom stereocenters. The first-order valence-corrected chi connectivity index (χ1v) is 9.16. The summed E-state index contributed by atoms with van der Waals surface area (Å²) in [5, 5.41) is 21.3. The van der Waals surface area contributed by atoms with E-state index in [9.17, 15) is 19.4 Å². The number of likely N-dealkylation sites (tertiary alicyclic amines) is 2. The molecule has 1 aromatic rings. The van der Waals surface area contributed by atoms with Gasteiger partial charge in [0.25, 0.3) is 0 Å². The van der Waals surface area contributed by atoms with Gasteiger partial charge >= 0.3 is 0 Å². The Morgan fingerprint density at radius 3 is 2.50 bits per heavy atom. The normalized spacial score (nSPS) is 28.2. The van der Waals surface area contributed by atoms with Crippen molar-refractivity contribution in [3.63, 3.8) is 0 Å². The van der Waals surface area contributed by atoms with Crippen LogP contribution >= 0.6 is 0 Å². The zero-order chi connectivity index (χ0) is 18.7. The Balaban J connectivity index is 1.58. The van der Waals surface area contributed by atoms with Crippen molar-refractivity contribution in [1.29, 1.82) is 0 Å². The van der Waals surface area contributed by atoms with Crippen molar-refractivity contribution < 1.29 is 24.1 Å². The van der Waals surface area contributed by atoms with Gasteiger partial charge in [-0.05, 0) is 43.5 Å². The molecule has 0 aromatic heterocycles. The molecule has 1 amide bonds. The zero-order valence-corrected chi connectivity index (χ0v) is 15.1. The van der Waals surface area contributed by atoms with Crippen LogP contribution < -0.4 is 4.74 Å². The van der Waals surface area contributed by atoms with Crippen LogP contribution in [0.4, 0.5) is 4.39 Å². The molecule has 2 fully saturated rings. The van der Waals surface area contributed by atoms with Gasteiger partial charge in [0.1, 0.15) is 23.8 Å². The largest absolute Gasteiger partial charge is 0.490 e. The third-order valence-electron chi connectivity index (χ3n) is 5.52. The number of aliphatic hydroxyl groups excluding tert-OH is 1. The molecular weight excluding hydrogens is 339 g/mol. The van der Waals surface area contributed by atoms with Crippen molar-refractivity contribution in [3.8, 4) is 5.75 Å². The Morgan fingerprint density at radius 1 is 1.23 bits per heavy atom. The molecule has 26 heavy (non-hydrogen) atoms. The van der Waals surface area contributed by atoms with Gasteiger partial charge in [-0.3, -0.25) is 9.69 Å². The topological polar surface area (TPSA) is 73.2 Å². The number of piperidine rings is 2. The van der Waals surface area contributed by atoms with E-state index in [1.54, 1.807) is 6.92 Å². The van der Waals surface area contributed by atoms with E-state index in [2.05, 4.69) is 4.90 Å². The summed E-state index contributed by atoms with van der Waals surface area (Å²) in [5.74, 6) is 0.206. The molecule has 6 nitrogen and oxygen atoms in total. The SMILES string of the molecule is CC(=O)N1CCC(N2CC[C@H](O)[C@@](O)(COc3ccc(F)cc3)C2)CC1. The number of amides is 1. The van der Waals surface area contributed by atoms with Crippen LogP contribution in [-0.4, -0.2) is 76.5 Å². The highest BCUT2D eigenvalue weighted by atomic mass is 19.1. The number of nitrogens with zero attached hydrogens (tertiary/aromatic N) is 2. The van der Waals surface area contributed by atoms with Gasteiger partial charge in [-0.1, -0.05) is 0 Å². The van der Waals surface area contributed by atoms with E-state index < -0.39 is 11.7 Å². The van der Waals surface area contributed by atoms with Crippen LogP contribution in [-0.2, 0) is 4.79 Å². The minimum absolute atomic E-state index is 0.0530. The number of aliphatic hydroxyl groups is 2. The van der Waals surface area contributed by atoms with Gasteiger partial charge < -0.3 is 19.8 Å². The second-order valence-electron chi connectivity index (χ2n) is 7.36. The summed E-state index contributed by atoms with van der Waals surface area (Å²) >= 11 is 0. The lowest BCUT2D eigenvalue weighted by atomic mass is 9.88. The summed E-state index contributed by atoms with van der Waals surface area (Å²) in [6.07, 6.45) is 1.34. The average Bonchev–Trinajstić information content (AvgIpc) is 2.64. The van der Waals surface area contributed by atoms with Crippen molar-refractivity contribution in [3.05, 3.63) is 30.1 Å². The van der Waals surface area contributed by atoms with Crippen molar-refractivity contribution >= 4 is 5.91 Å². The Labute approximate surface area is 153 Å². The Morgan fingerprint density at radius 2 is 1.88 bits per heavy atom. The number of hydrogen-bond acceptors (Lipinski definition) is 5. The van der Waals surface area contributed by atoms with Crippen LogP contribution in [0.3, 0.4) is 0 Å². The van der Waals surface area contributed by atoms with E-state index in [0.717, 1.165) is 25.9 Å². The van der Waals surface area contributed by atoms with Gasteiger partial charge in [0, 0.05) is 39.1 Å². The summed E-state index contributed by atoms with van der Waals surface area (Å²) in [6.45, 7) is 4.02. The van der Waals surface area contributed by atoms with Gasteiger partial charge in [0.05, 0.1) is 6.10 Å². The lowest BCUT2D eigenvalue weighted by molar-refractivity contribution is -0.149. The molecule has 2 aliphatic rings. The van der Waals surface area contributed by atoms with Gasteiger partial charge in [0.15, 0.2) is 0 Å². The molecule has 0 radical (unpaired) electrons. The number of halogens is 1. The van der Waals surface area contributed by atoms with E-state index >= 15 is 0 Å². The van der Waals surface area contributed by atoms with Crippen molar-refractivity contribution in [2.75, 3.05) is 32.8 Å². The van der Waals surface area contributed by atoms with Crippen LogP contribution in [0.25, 0.3) is 0 Å². The predicted molar refractivity (Wildman–Crippen MR) is 94.3 cm³/mol. The third-order valence-corrected chi connectivity index (χ3v) is 5.52. The smallest absolute Gasteiger partial charge is 0.219 e. The first kappa shape index (κ1) is 19.1. The van der Waals surface area contributed by atoms with Crippen molar-refractivity contribution in [2.24, 2.45) is 0 Å². The minimum atomic E-state index is -1.37. The molecule has 7 heteroatoms. The fraction of sp³-hybridized carbons (Fsp3) is 0.632. The quantitative estimate of drug-likeness (QED) is 0.832. The molecule has 0 bridgehead atoms. The van der Waals surface area contributed by atoms with Gasteiger partial charge in [-0.25, -0.2) is 4.39 Å². The standard InChI is InChI=1S/C19H27FN2O4/c1-14(23)21-9-6-16(7-10-21)22-11-8-18(24)19(25,12-22)13-26-17-4-2-15(20)3-5-17/h2-5,16,18,24-25H,6-13H2,1H3/t18-,19-/m0/s1. The molecule has 0 spiro atoms. The second kappa shape index (κ2) is 7.90. The molecular formula is C19H27FN2O4. The summed E-state index contributed by atoms with van der Waals surface area (Å²) in [5.41, 5.74) is -1.37. The van der Waals surface area contributed by atoms with E-state index in [1.807, 2.05) is 4.90 Å². The predicted octanol–water partition coefficient (Wildman–Crippen LogP) is 1.01. The lowest BCUT2D eigenvalue weighted by Gasteiger charge is -2.47. The van der Waals surface area contributed by atoms with Crippen LogP contribution in [0.2, 0.25) is 0 Å². The van der Waals surface area contributed by atoms with Gasteiger partial charge in [0.2, 0.25) is 5.91 Å². The highest BCUT2D eigenvalue weighted by Crippen LogP contribution is 2.28. The maximum Gasteiger partial charge on any atom is 0.219 e. The molecule has 1 aromatic carbocycles. The summed E-state index contributed by atoms with van der Waals surface area (Å²) in [4.78, 5) is 15.5. The number of rotatable bonds is 4. The Bertz CT molecular complexity index is 618. The third kappa shape index (κ3) is 4.34. The fourth-order valence-corrected chi connectivity index (χ4v) is 3.83. The first-order chi connectivity index (χ1) is 12.4. The monoisotopic (exact) mass is 366 g/mol. The van der Waals surface area contributed by atoms with E-state index in [1.165, 1.54) is 24.3 Å². The molecule has 2 saturated heterocycles. The Kier molecular flexibility index (Phi) is 5.79. The maximum atomic E-state index is 13.0. The highest BCUT2D eigenvalue weighted by molar-refractivity contribution is 5.73. The number of β-amino-alcohol motifs (C(OH)–C–C–N with tert-alkyl or cyclic N) is 1. The summed E-state index contributed by atoms with van der Waals surface area (Å²) in [7, 11) is 0.